The van der Waals surface area contributed by atoms with E-state index in [9.17, 15) is 0 Å². The van der Waals surface area contributed by atoms with Gasteiger partial charge in [0.15, 0.2) is 0 Å². The van der Waals surface area contributed by atoms with Crippen LogP contribution in [-0.2, 0) is 4.74 Å². The maximum Gasteiger partial charge on any atom is 0.0469 e. The minimum absolute atomic E-state index is 0.702. The lowest BCUT2D eigenvalue weighted by molar-refractivity contribution is 0.0436. The molecule has 2 aliphatic rings. The molecule has 1 aliphatic heterocycles. The van der Waals surface area contributed by atoms with E-state index < -0.39 is 0 Å². The molecule has 1 aliphatic carbocycles. The van der Waals surface area contributed by atoms with E-state index in [4.69, 9.17) is 4.74 Å². The van der Waals surface area contributed by atoms with Crippen LogP contribution in [0.2, 0.25) is 0 Å². The van der Waals surface area contributed by atoms with Crippen molar-refractivity contribution in [2.75, 3.05) is 33.9 Å². The van der Waals surface area contributed by atoms with E-state index in [1.54, 1.807) is 0 Å². The third kappa shape index (κ3) is 3.67. The molecule has 0 aromatic rings. The average molecular weight is 240 g/mol. The first-order valence-electron chi connectivity index (χ1n) is 7.26. The minimum Gasteiger partial charge on any atom is -0.381 e. The summed E-state index contributed by atoms with van der Waals surface area (Å²) in [6.07, 6.45) is 8.02. The van der Waals surface area contributed by atoms with Crippen molar-refractivity contribution < 1.29 is 4.74 Å². The Hall–Kier alpha value is -0.120. The highest BCUT2D eigenvalue weighted by Crippen LogP contribution is 2.24. The zero-order valence-corrected chi connectivity index (χ0v) is 11.5. The fraction of sp³-hybridized carbons (Fsp3) is 1.00. The first-order valence-corrected chi connectivity index (χ1v) is 7.26. The molecule has 0 aromatic heterocycles. The molecule has 2 rings (SSSR count). The highest BCUT2D eigenvalue weighted by atomic mass is 16.5. The van der Waals surface area contributed by atoms with Gasteiger partial charge in [-0.25, -0.2) is 0 Å². The summed E-state index contributed by atoms with van der Waals surface area (Å²) in [7, 11) is 4.43. The van der Waals surface area contributed by atoms with Crippen LogP contribution in [0.25, 0.3) is 0 Å². The molecular weight excluding hydrogens is 212 g/mol. The summed E-state index contributed by atoms with van der Waals surface area (Å²) < 4.78 is 5.44. The normalized spacial score (nSPS) is 31.9. The van der Waals surface area contributed by atoms with Crippen LogP contribution >= 0.6 is 0 Å². The van der Waals surface area contributed by atoms with E-state index in [-0.39, 0.29) is 0 Å². The summed E-state index contributed by atoms with van der Waals surface area (Å²) in [6, 6.07) is 1.45. The van der Waals surface area contributed by atoms with Crippen LogP contribution in [0.5, 0.6) is 0 Å². The van der Waals surface area contributed by atoms with Gasteiger partial charge in [-0.15, -0.1) is 0 Å². The van der Waals surface area contributed by atoms with Gasteiger partial charge in [0, 0.05) is 31.8 Å². The summed E-state index contributed by atoms with van der Waals surface area (Å²) in [5.41, 5.74) is 0. The number of rotatable bonds is 4. The second-order valence-corrected chi connectivity index (χ2v) is 5.74. The monoisotopic (exact) mass is 240 g/mol. The summed E-state index contributed by atoms with van der Waals surface area (Å²) >= 11 is 0. The van der Waals surface area contributed by atoms with Crippen molar-refractivity contribution >= 4 is 0 Å². The molecule has 100 valence electrons. The molecule has 2 fully saturated rings. The van der Waals surface area contributed by atoms with Crippen LogP contribution in [0.3, 0.4) is 0 Å². The predicted molar refractivity (Wildman–Crippen MR) is 71.3 cm³/mol. The van der Waals surface area contributed by atoms with E-state index in [1.165, 1.54) is 45.1 Å². The fourth-order valence-corrected chi connectivity index (χ4v) is 3.45. The highest BCUT2D eigenvalue weighted by molar-refractivity contribution is 4.87. The van der Waals surface area contributed by atoms with Crippen LogP contribution in [0, 0.1) is 5.92 Å². The molecule has 0 spiro atoms. The Morgan fingerprint density at radius 2 is 1.82 bits per heavy atom. The highest BCUT2D eigenvalue weighted by Gasteiger charge is 2.28. The van der Waals surface area contributed by atoms with Crippen LogP contribution in [0.15, 0.2) is 0 Å². The Morgan fingerprint density at radius 1 is 1.12 bits per heavy atom. The van der Waals surface area contributed by atoms with Gasteiger partial charge in [0.25, 0.3) is 0 Å². The SMILES string of the molecule is CNC1CCCCC1N(C)CC1CCOCC1. The van der Waals surface area contributed by atoms with Crippen LogP contribution in [0.4, 0.5) is 0 Å². The molecule has 2 atom stereocenters. The smallest absolute Gasteiger partial charge is 0.0469 e. The average Bonchev–Trinajstić information content (AvgIpc) is 2.40. The summed E-state index contributed by atoms with van der Waals surface area (Å²) in [6.45, 7) is 3.20. The van der Waals surface area contributed by atoms with Crippen molar-refractivity contribution in [3.63, 3.8) is 0 Å². The van der Waals surface area contributed by atoms with E-state index >= 15 is 0 Å². The molecule has 0 aromatic carbocycles. The first kappa shape index (κ1) is 13.3. The van der Waals surface area contributed by atoms with Gasteiger partial charge in [-0.2, -0.15) is 0 Å². The van der Waals surface area contributed by atoms with Crippen LogP contribution < -0.4 is 5.32 Å². The Morgan fingerprint density at radius 3 is 2.53 bits per heavy atom. The Bertz CT molecular complexity index is 216. The molecule has 0 bridgehead atoms. The van der Waals surface area contributed by atoms with E-state index in [1.807, 2.05) is 0 Å². The van der Waals surface area contributed by atoms with Gasteiger partial charge >= 0.3 is 0 Å². The van der Waals surface area contributed by atoms with Crippen LogP contribution in [0.1, 0.15) is 38.5 Å². The number of hydrogen-bond acceptors (Lipinski definition) is 3. The van der Waals surface area contributed by atoms with Crippen molar-refractivity contribution in [2.24, 2.45) is 5.92 Å². The van der Waals surface area contributed by atoms with Crippen molar-refractivity contribution in [2.45, 2.75) is 50.6 Å². The van der Waals surface area contributed by atoms with Gasteiger partial charge in [0.2, 0.25) is 0 Å². The Balaban J connectivity index is 1.82. The third-order valence-corrected chi connectivity index (χ3v) is 4.55. The van der Waals surface area contributed by atoms with Crippen molar-refractivity contribution in [1.29, 1.82) is 0 Å². The fourth-order valence-electron chi connectivity index (χ4n) is 3.45. The number of hydrogen-bond donors (Lipinski definition) is 1. The molecule has 0 radical (unpaired) electrons. The Kier molecular flexibility index (Phi) is 5.26. The second-order valence-electron chi connectivity index (χ2n) is 5.74. The van der Waals surface area contributed by atoms with Crippen molar-refractivity contribution in [3.8, 4) is 0 Å². The topological polar surface area (TPSA) is 24.5 Å². The molecule has 1 N–H and O–H groups in total. The minimum atomic E-state index is 0.702. The van der Waals surface area contributed by atoms with E-state index in [0.29, 0.717) is 6.04 Å². The predicted octanol–water partition coefficient (Wildman–Crippen LogP) is 1.88. The molecule has 2 unspecified atom stereocenters. The zero-order chi connectivity index (χ0) is 12.1. The van der Waals surface area contributed by atoms with Crippen molar-refractivity contribution in [3.05, 3.63) is 0 Å². The number of ether oxygens (including phenoxy) is 1. The van der Waals surface area contributed by atoms with Gasteiger partial charge < -0.3 is 15.0 Å². The van der Waals surface area contributed by atoms with Crippen molar-refractivity contribution in [1.82, 2.24) is 10.2 Å². The summed E-state index contributed by atoms with van der Waals surface area (Å²) in [5, 5.41) is 3.51. The lowest BCUT2D eigenvalue weighted by atomic mass is 9.88. The number of nitrogens with one attached hydrogen (secondary N) is 1. The quantitative estimate of drug-likeness (QED) is 0.812. The molecule has 1 heterocycles. The maximum atomic E-state index is 5.44. The molecule has 17 heavy (non-hydrogen) atoms. The Labute approximate surface area is 106 Å². The molecule has 3 nitrogen and oxygen atoms in total. The van der Waals surface area contributed by atoms with Crippen LogP contribution in [-0.4, -0.2) is 50.8 Å². The van der Waals surface area contributed by atoms with Gasteiger partial charge in [0.05, 0.1) is 0 Å². The van der Waals surface area contributed by atoms with Gasteiger partial charge in [0.1, 0.15) is 0 Å². The molecular formula is C14H28N2O. The van der Waals surface area contributed by atoms with Gasteiger partial charge in [-0.1, -0.05) is 12.8 Å². The third-order valence-electron chi connectivity index (χ3n) is 4.55. The van der Waals surface area contributed by atoms with Gasteiger partial charge in [-0.3, -0.25) is 0 Å². The zero-order valence-electron chi connectivity index (χ0n) is 11.5. The van der Waals surface area contributed by atoms with Gasteiger partial charge in [-0.05, 0) is 45.7 Å². The van der Waals surface area contributed by atoms with E-state index in [0.717, 1.165) is 25.2 Å². The molecule has 1 saturated heterocycles. The summed E-state index contributed by atoms with van der Waals surface area (Å²) in [5.74, 6) is 0.855. The molecule has 0 amide bonds. The lowest BCUT2D eigenvalue weighted by Gasteiger charge is -2.40. The standard InChI is InChI=1S/C14H28N2O/c1-15-13-5-3-4-6-14(13)16(2)11-12-7-9-17-10-8-12/h12-15H,3-11H2,1-2H3. The second kappa shape index (κ2) is 6.72. The lowest BCUT2D eigenvalue weighted by Crippen LogP contribution is -2.50. The number of likely N-dealkylation sites (N-methyl/N-ethyl adjacent to an activating group) is 2. The maximum absolute atomic E-state index is 5.44. The molecule has 3 heteroatoms. The number of nitrogens with zero attached hydrogens (tertiary/aromatic N) is 1. The summed E-state index contributed by atoms with van der Waals surface area (Å²) in [4.78, 5) is 2.61. The van der Waals surface area contributed by atoms with E-state index in [2.05, 4.69) is 24.3 Å². The molecule has 1 saturated carbocycles. The first-order chi connectivity index (χ1) is 8.31. The largest absolute Gasteiger partial charge is 0.381 e.